The molecule has 1 N–H and O–H groups in total. The third-order valence-corrected chi connectivity index (χ3v) is 3.37. The summed E-state index contributed by atoms with van der Waals surface area (Å²) in [6, 6.07) is 8.19. The highest BCUT2D eigenvalue weighted by Crippen LogP contribution is 2.21. The molecule has 104 valence electrons. The Balaban J connectivity index is 1.83. The van der Waals surface area contributed by atoms with Crippen molar-refractivity contribution in [2.75, 3.05) is 23.3 Å². The molecule has 1 aromatic heterocycles. The second-order valence-corrected chi connectivity index (χ2v) is 5.02. The van der Waals surface area contributed by atoms with Gasteiger partial charge in [-0.2, -0.15) is 4.98 Å². The van der Waals surface area contributed by atoms with Crippen LogP contribution in [0.25, 0.3) is 0 Å². The molecule has 0 amide bonds. The number of aromatic nitrogens is 2. The van der Waals surface area contributed by atoms with Crippen molar-refractivity contribution in [1.29, 1.82) is 0 Å². The summed E-state index contributed by atoms with van der Waals surface area (Å²) in [7, 11) is 0. The number of rotatable bonds is 3. The Bertz CT molecular complexity index is 591. The van der Waals surface area contributed by atoms with E-state index in [4.69, 9.17) is 0 Å². The first-order chi connectivity index (χ1) is 9.70. The highest BCUT2D eigenvalue weighted by atomic mass is 19.1. The van der Waals surface area contributed by atoms with Gasteiger partial charge in [-0.1, -0.05) is 0 Å². The summed E-state index contributed by atoms with van der Waals surface area (Å²) < 4.78 is 12.9. The summed E-state index contributed by atoms with van der Waals surface area (Å²) in [5, 5.41) is 3.12. The van der Waals surface area contributed by atoms with Crippen molar-refractivity contribution in [3.05, 3.63) is 41.8 Å². The van der Waals surface area contributed by atoms with Gasteiger partial charge in [0.05, 0.1) is 0 Å². The molecule has 20 heavy (non-hydrogen) atoms. The minimum absolute atomic E-state index is 0.251. The molecule has 0 unspecified atom stereocenters. The van der Waals surface area contributed by atoms with Crippen molar-refractivity contribution in [1.82, 2.24) is 9.97 Å². The van der Waals surface area contributed by atoms with Gasteiger partial charge in [-0.3, -0.25) is 0 Å². The van der Waals surface area contributed by atoms with E-state index in [1.54, 1.807) is 12.1 Å². The van der Waals surface area contributed by atoms with Gasteiger partial charge < -0.3 is 10.2 Å². The number of halogens is 1. The monoisotopic (exact) mass is 272 g/mol. The summed E-state index contributed by atoms with van der Waals surface area (Å²) >= 11 is 0. The number of hydrogen-bond acceptors (Lipinski definition) is 4. The van der Waals surface area contributed by atoms with Crippen LogP contribution in [-0.2, 0) is 0 Å². The van der Waals surface area contributed by atoms with Crippen LogP contribution >= 0.6 is 0 Å². The van der Waals surface area contributed by atoms with E-state index < -0.39 is 0 Å². The van der Waals surface area contributed by atoms with Crippen molar-refractivity contribution in [2.45, 2.75) is 19.8 Å². The Morgan fingerprint density at radius 3 is 2.50 bits per heavy atom. The quantitative estimate of drug-likeness (QED) is 0.931. The molecule has 1 saturated heterocycles. The highest BCUT2D eigenvalue weighted by Gasteiger charge is 2.15. The molecule has 0 saturated carbocycles. The van der Waals surface area contributed by atoms with Gasteiger partial charge in [-0.15, -0.1) is 0 Å². The first kappa shape index (κ1) is 12.8. The molecule has 0 spiro atoms. The van der Waals surface area contributed by atoms with Crippen LogP contribution in [0.5, 0.6) is 0 Å². The molecule has 4 nitrogen and oxygen atoms in total. The molecule has 0 radical (unpaired) electrons. The molecule has 5 heteroatoms. The van der Waals surface area contributed by atoms with Crippen molar-refractivity contribution in [3.8, 4) is 0 Å². The van der Waals surface area contributed by atoms with Crippen LogP contribution in [0.4, 0.5) is 21.8 Å². The van der Waals surface area contributed by atoms with Crippen molar-refractivity contribution < 1.29 is 4.39 Å². The third-order valence-electron chi connectivity index (χ3n) is 3.37. The lowest BCUT2D eigenvalue weighted by atomic mass is 10.3. The number of hydrogen-bond donors (Lipinski definition) is 1. The van der Waals surface area contributed by atoms with Crippen LogP contribution in [0, 0.1) is 12.7 Å². The first-order valence-electron chi connectivity index (χ1n) is 6.84. The van der Waals surface area contributed by atoms with E-state index in [9.17, 15) is 4.39 Å². The molecule has 0 atom stereocenters. The van der Waals surface area contributed by atoms with E-state index in [0.717, 1.165) is 30.3 Å². The Hall–Kier alpha value is -2.17. The Kier molecular flexibility index (Phi) is 3.50. The first-order valence-corrected chi connectivity index (χ1v) is 6.84. The van der Waals surface area contributed by atoms with Gasteiger partial charge in [0.2, 0.25) is 5.95 Å². The lowest BCUT2D eigenvalue weighted by Crippen LogP contribution is -2.19. The number of nitrogens with zero attached hydrogens (tertiary/aromatic N) is 3. The standard InChI is InChI=1S/C15H17FN4/c1-11-10-14(20-8-2-3-9-20)19-15(17-11)18-13-6-4-12(16)5-7-13/h4-7,10H,2-3,8-9H2,1H3,(H,17,18,19). The molecule has 3 rings (SSSR count). The van der Waals surface area contributed by atoms with Gasteiger partial charge in [-0.05, 0) is 44.0 Å². The van der Waals surface area contributed by atoms with Crippen molar-refractivity contribution in [2.24, 2.45) is 0 Å². The van der Waals surface area contributed by atoms with E-state index in [0.29, 0.717) is 5.95 Å². The van der Waals surface area contributed by atoms with Crippen molar-refractivity contribution >= 4 is 17.5 Å². The topological polar surface area (TPSA) is 41.1 Å². The summed E-state index contributed by atoms with van der Waals surface area (Å²) in [6.07, 6.45) is 2.42. The van der Waals surface area contributed by atoms with Crippen LogP contribution < -0.4 is 10.2 Å². The maximum Gasteiger partial charge on any atom is 0.229 e. The van der Waals surface area contributed by atoms with Crippen LogP contribution in [-0.4, -0.2) is 23.1 Å². The van der Waals surface area contributed by atoms with E-state index >= 15 is 0 Å². The predicted molar refractivity (Wildman–Crippen MR) is 77.9 cm³/mol. The van der Waals surface area contributed by atoms with Crippen molar-refractivity contribution in [3.63, 3.8) is 0 Å². The second kappa shape index (κ2) is 5.45. The molecule has 1 aromatic carbocycles. The zero-order chi connectivity index (χ0) is 13.9. The highest BCUT2D eigenvalue weighted by molar-refractivity contribution is 5.55. The van der Waals surface area contributed by atoms with Crippen LogP contribution in [0.3, 0.4) is 0 Å². The van der Waals surface area contributed by atoms with Gasteiger partial charge in [0.25, 0.3) is 0 Å². The molecular formula is C15H17FN4. The zero-order valence-electron chi connectivity index (χ0n) is 11.4. The lowest BCUT2D eigenvalue weighted by Gasteiger charge is -2.17. The fraction of sp³-hybridized carbons (Fsp3) is 0.333. The molecule has 1 aliphatic rings. The maximum atomic E-state index is 12.9. The SMILES string of the molecule is Cc1cc(N2CCCC2)nc(Nc2ccc(F)cc2)n1. The number of aryl methyl sites for hydroxylation is 1. The molecule has 0 bridgehead atoms. The van der Waals surface area contributed by atoms with E-state index in [1.165, 1.54) is 25.0 Å². The predicted octanol–water partition coefficient (Wildman–Crippen LogP) is 3.27. The summed E-state index contributed by atoms with van der Waals surface area (Å²) in [4.78, 5) is 11.2. The van der Waals surface area contributed by atoms with Crippen LogP contribution in [0.1, 0.15) is 18.5 Å². The summed E-state index contributed by atoms with van der Waals surface area (Å²) in [5.74, 6) is 1.26. The molecule has 0 aliphatic carbocycles. The lowest BCUT2D eigenvalue weighted by molar-refractivity contribution is 0.628. The van der Waals surface area contributed by atoms with Crippen LogP contribution in [0.2, 0.25) is 0 Å². The van der Waals surface area contributed by atoms with E-state index in [1.807, 2.05) is 13.0 Å². The van der Waals surface area contributed by atoms with E-state index in [-0.39, 0.29) is 5.82 Å². The number of nitrogens with one attached hydrogen (secondary N) is 1. The molecule has 2 aromatic rings. The fourth-order valence-corrected chi connectivity index (χ4v) is 2.38. The minimum atomic E-state index is -0.251. The molecule has 2 heterocycles. The minimum Gasteiger partial charge on any atom is -0.356 e. The molecular weight excluding hydrogens is 255 g/mol. The Morgan fingerprint density at radius 1 is 1.10 bits per heavy atom. The van der Waals surface area contributed by atoms with Gasteiger partial charge in [0.15, 0.2) is 0 Å². The number of benzene rings is 1. The summed E-state index contributed by atoms with van der Waals surface area (Å²) in [5.41, 5.74) is 1.70. The smallest absolute Gasteiger partial charge is 0.229 e. The van der Waals surface area contributed by atoms with E-state index in [2.05, 4.69) is 20.2 Å². The average Bonchev–Trinajstić information content (AvgIpc) is 2.95. The summed E-state index contributed by atoms with van der Waals surface area (Å²) in [6.45, 7) is 4.05. The van der Waals surface area contributed by atoms with Crippen LogP contribution in [0.15, 0.2) is 30.3 Å². The normalized spacial score (nSPS) is 14.6. The van der Waals surface area contributed by atoms with Gasteiger partial charge >= 0.3 is 0 Å². The zero-order valence-corrected chi connectivity index (χ0v) is 11.4. The Labute approximate surface area is 117 Å². The fourth-order valence-electron chi connectivity index (χ4n) is 2.38. The molecule has 1 fully saturated rings. The largest absolute Gasteiger partial charge is 0.356 e. The van der Waals surface area contributed by atoms with Gasteiger partial charge in [-0.25, -0.2) is 9.37 Å². The van der Waals surface area contributed by atoms with Gasteiger partial charge in [0.1, 0.15) is 11.6 Å². The number of anilines is 3. The van der Waals surface area contributed by atoms with Gasteiger partial charge in [0, 0.05) is 30.5 Å². The Morgan fingerprint density at radius 2 is 1.80 bits per heavy atom. The molecule has 1 aliphatic heterocycles. The maximum absolute atomic E-state index is 12.9. The average molecular weight is 272 g/mol. The third kappa shape index (κ3) is 2.87. The second-order valence-electron chi connectivity index (χ2n) is 5.02.